The number of benzene rings is 2. The number of fused-ring (bicyclic) bond motifs is 3. The van der Waals surface area contributed by atoms with Crippen molar-refractivity contribution in [3.63, 3.8) is 0 Å². The fraction of sp³-hybridized carbons (Fsp3) is 0.391. The summed E-state index contributed by atoms with van der Waals surface area (Å²) >= 11 is 0. The van der Waals surface area contributed by atoms with Crippen molar-refractivity contribution >= 4 is 12.0 Å². The molecular weight excluding hydrogens is 368 g/mol. The first-order valence-corrected chi connectivity index (χ1v) is 9.92. The Kier molecular flexibility index (Phi) is 4.94. The molecular formula is C23H26N2O4. The van der Waals surface area contributed by atoms with Crippen molar-refractivity contribution in [2.45, 2.75) is 39.0 Å². The van der Waals surface area contributed by atoms with Gasteiger partial charge in [0.25, 0.3) is 5.91 Å². The monoisotopic (exact) mass is 394 g/mol. The van der Waals surface area contributed by atoms with Crippen LogP contribution in [0, 0.1) is 0 Å². The van der Waals surface area contributed by atoms with Crippen molar-refractivity contribution in [2.75, 3.05) is 19.6 Å². The minimum absolute atomic E-state index is 0.0301. The van der Waals surface area contributed by atoms with Crippen LogP contribution in [-0.4, -0.2) is 47.0 Å². The van der Waals surface area contributed by atoms with Gasteiger partial charge in [-0.3, -0.25) is 4.79 Å². The summed E-state index contributed by atoms with van der Waals surface area (Å²) in [5, 5.41) is 0. The Morgan fingerprint density at radius 2 is 1.83 bits per heavy atom. The molecule has 1 unspecified atom stereocenters. The van der Waals surface area contributed by atoms with E-state index in [-0.39, 0.29) is 18.0 Å². The number of amides is 2. The van der Waals surface area contributed by atoms with E-state index in [0.717, 1.165) is 11.1 Å². The van der Waals surface area contributed by atoms with Gasteiger partial charge in [0.1, 0.15) is 18.0 Å². The third-order valence-corrected chi connectivity index (χ3v) is 5.16. The van der Waals surface area contributed by atoms with Crippen molar-refractivity contribution in [3.8, 4) is 5.75 Å². The second kappa shape index (κ2) is 7.43. The van der Waals surface area contributed by atoms with Crippen LogP contribution in [0.25, 0.3) is 0 Å². The van der Waals surface area contributed by atoms with Gasteiger partial charge in [0, 0.05) is 19.6 Å². The number of hydrogen-bond acceptors (Lipinski definition) is 4. The molecule has 4 rings (SSSR count). The lowest BCUT2D eigenvalue weighted by atomic mass is 10.0. The SMILES string of the molecule is CC(C)(C)OC(=O)N1CCN2C(=O)c3c(OCc4ccccc4)cccc3C2C1. The number of ether oxygens (including phenoxy) is 2. The molecule has 2 heterocycles. The van der Waals surface area contributed by atoms with Crippen LogP contribution < -0.4 is 4.74 Å². The summed E-state index contributed by atoms with van der Waals surface area (Å²) in [5.41, 5.74) is 2.02. The van der Waals surface area contributed by atoms with E-state index in [4.69, 9.17) is 9.47 Å². The van der Waals surface area contributed by atoms with Gasteiger partial charge in [-0.25, -0.2) is 4.79 Å². The predicted octanol–water partition coefficient (Wildman–Crippen LogP) is 4.01. The molecule has 6 nitrogen and oxygen atoms in total. The summed E-state index contributed by atoms with van der Waals surface area (Å²) in [5.74, 6) is 0.562. The summed E-state index contributed by atoms with van der Waals surface area (Å²) in [7, 11) is 0. The first-order chi connectivity index (χ1) is 13.8. The van der Waals surface area contributed by atoms with E-state index < -0.39 is 5.60 Å². The van der Waals surface area contributed by atoms with E-state index in [1.807, 2.05) is 74.2 Å². The van der Waals surface area contributed by atoms with E-state index in [9.17, 15) is 9.59 Å². The van der Waals surface area contributed by atoms with Crippen LogP contribution >= 0.6 is 0 Å². The molecule has 2 aliphatic heterocycles. The lowest BCUT2D eigenvalue weighted by molar-refractivity contribution is 0.00655. The smallest absolute Gasteiger partial charge is 0.410 e. The van der Waals surface area contributed by atoms with E-state index in [2.05, 4.69) is 0 Å². The fourth-order valence-corrected chi connectivity index (χ4v) is 3.84. The number of rotatable bonds is 3. The number of hydrogen-bond donors (Lipinski definition) is 0. The minimum Gasteiger partial charge on any atom is -0.488 e. The van der Waals surface area contributed by atoms with Crippen molar-refractivity contribution < 1.29 is 19.1 Å². The van der Waals surface area contributed by atoms with Crippen LogP contribution in [0.2, 0.25) is 0 Å². The quantitative estimate of drug-likeness (QED) is 0.789. The first-order valence-electron chi connectivity index (χ1n) is 9.92. The maximum atomic E-state index is 13.1. The molecule has 0 aromatic heterocycles. The molecule has 2 aromatic rings. The molecule has 2 amide bonds. The molecule has 1 atom stereocenters. The zero-order valence-electron chi connectivity index (χ0n) is 17.1. The predicted molar refractivity (Wildman–Crippen MR) is 109 cm³/mol. The van der Waals surface area contributed by atoms with Crippen molar-refractivity contribution in [1.29, 1.82) is 0 Å². The van der Waals surface area contributed by atoms with Crippen LogP contribution in [0.1, 0.15) is 48.3 Å². The highest BCUT2D eigenvalue weighted by Gasteiger charge is 2.43. The molecule has 0 radical (unpaired) electrons. The Balaban J connectivity index is 1.54. The zero-order valence-corrected chi connectivity index (χ0v) is 17.1. The lowest BCUT2D eigenvalue weighted by Crippen LogP contribution is -2.50. The van der Waals surface area contributed by atoms with Crippen molar-refractivity contribution in [1.82, 2.24) is 9.80 Å². The van der Waals surface area contributed by atoms with E-state index >= 15 is 0 Å². The Hall–Kier alpha value is -3.02. The van der Waals surface area contributed by atoms with Crippen molar-refractivity contribution in [3.05, 3.63) is 65.2 Å². The number of nitrogens with zero attached hydrogens (tertiary/aromatic N) is 2. The fourth-order valence-electron chi connectivity index (χ4n) is 3.84. The van der Waals surface area contributed by atoms with Crippen molar-refractivity contribution in [2.24, 2.45) is 0 Å². The van der Waals surface area contributed by atoms with Crippen LogP contribution in [0.4, 0.5) is 4.79 Å². The first kappa shape index (κ1) is 19.3. The molecule has 1 fully saturated rings. The molecule has 6 heteroatoms. The third kappa shape index (κ3) is 3.92. The van der Waals surface area contributed by atoms with Gasteiger partial charge in [-0.1, -0.05) is 42.5 Å². The van der Waals surface area contributed by atoms with Gasteiger partial charge in [0.15, 0.2) is 0 Å². The van der Waals surface area contributed by atoms with Gasteiger partial charge in [-0.2, -0.15) is 0 Å². The Morgan fingerprint density at radius 3 is 2.55 bits per heavy atom. The summed E-state index contributed by atoms with van der Waals surface area (Å²) < 4.78 is 11.5. The number of carbonyl (C=O) groups excluding carboxylic acids is 2. The summed E-state index contributed by atoms with van der Waals surface area (Å²) in [6.07, 6.45) is -0.338. The molecule has 0 N–H and O–H groups in total. The molecule has 2 aliphatic rings. The summed E-state index contributed by atoms with van der Waals surface area (Å²) in [6.45, 7) is 7.33. The van der Waals surface area contributed by atoms with Crippen LogP contribution in [-0.2, 0) is 11.3 Å². The van der Waals surface area contributed by atoms with Gasteiger partial charge in [0.05, 0.1) is 11.6 Å². The van der Waals surface area contributed by atoms with Gasteiger partial charge >= 0.3 is 6.09 Å². The molecule has 0 bridgehead atoms. The third-order valence-electron chi connectivity index (χ3n) is 5.16. The topological polar surface area (TPSA) is 59.1 Å². The summed E-state index contributed by atoms with van der Waals surface area (Å²) in [4.78, 5) is 29.1. The Morgan fingerprint density at radius 1 is 1.07 bits per heavy atom. The second-order valence-corrected chi connectivity index (χ2v) is 8.44. The van der Waals surface area contributed by atoms with Crippen LogP contribution in [0.5, 0.6) is 5.75 Å². The maximum absolute atomic E-state index is 13.1. The average Bonchev–Trinajstić information content (AvgIpc) is 2.98. The Labute approximate surface area is 171 Å². The molecule has 0 saturated carbocycles. The normalized spacial score (nSPS) is 18.3. The zero-order chi connectivity index (χ0) is 20.6. The number of carbonyl (C=O) groups is 2. The van der Waals surface area contributed by atoms with E-state index in [0.29, 0.717) is 37.6 Å². The standard InChI is InChI=1S/C23H26N2O4/c1-23(2,3)29-22(27)24-12-13-25-18(14-24)17-10-7-11-19(20(17)21(25)26)28-15-16-8-5-4-6-9-16/h4-11,18H,12-15H2,1-3H3. The largest absolute Gasteiger partial charge is 0.488 e. The van der Waals surface area contributed by atoms with Crippen LogP contribution in [0.15, 0.2) is 48.5 Å². The van der Waals surface area contributed by atoms with Gasteiger partial charge in [-0.05, 0) is 38.0 Å². The molecule has 0 aliphatic carbocycles. The van der Waals surface area contributed by atoms with E-state index in [1.165, 1.54) is 0 Å². The Bertz CT molecular complexity index is 920. The highest BCUT2D eigenvalue weighted by atomic mass is 16.6. The van der Waals surface area contributed by atoms with Crippen LogP contribution in [0.3, 0.4) is 0 Å². The molecule has 1 saturated heterocycles. The highest BCUT2D eigenvalue weighted by molar-refractivity contribution is 6.02. The van der Waals surface area contributed by atoms with Gasteiger partial charge in [0.2, 0.25) is 0 Å². The highest BCUT2D eigenvalue weighted by Crippen LogP contribution is 2.40. The molecule has 0 spiro atoms. The van der Waals surface area contributed by atoms with Gasteiger partial charge < -0.3 is 19.3 Å². The average molecular weight is 394 g/mol. The molecule has 152 valence electrons. The second-order valence-electron chi connectivity index (χ2n) is 8.44. The maximum Gasteiger partial charge on any atom is 0.410 e. The minimum atomic E-state index is -0.546. The van der Waals surface area contributed by atoms with E-state index in [1.54, 1.807) is 4.90 Å². The van der Waals surface area contributed by atoms with Gasteiger partial charge in [-0.15, -0.1) is 0 Å². The number of piperazine rings is 1. The summed E-state index contributed by atoms with van der Waals surface area (Å²) in [6, 6.07) is 15.4. The lowest BCUT2D eigenvalue weighted by Gasteiger charge is -2.38. The molecule has 29 heavy (non-hydrogen) atoms. The molecule has 2 aromatic carbocycles.